The molecular formula is C20H26BrN3O2S. The molecule has 0 aliphatic heterocycles. The molecule has 7 heteroatoms. The molecule has 2 amide bonds. The lowest BCUT2D eigenvalue weighted by atomic mass is 10.2. The monoisotopic (exact) mass is 451 g/mol. The number of nitrogens with one attached hydrogen (secondary N) is 1. The summed E-state index contributed by atoms with van der Waals surface area (Å²) in [6, 6.07) is 7.44. The lowest BCUT2D eigenvalue weighted by molar-refractivity contribution is 0.0739. The number of rotatable bonds is 10. The number of hydrogen-bond acceptors (Lipinski definition) is 4. The Morgan fingerprint density at radius 1 is 1.19 bits per heavy atom. The summed E-state index contributed by atoms with van der Waals surface area (Å²) in [5, 5.41) is 5.41. The van der Waals surface area contributed by atoms with Crippen LogP contribution in [0.15, 0.2) is 34.1 Å². The smallest absolute Gasteiger partial charge is 0.270 e. The molecule has 0 saturated heterocycles. The van der Waals surface area contributed by atoms with Crippen molar-refractivity contribution in [3.63, 3.8) is 0 Å². The molecule has 0 aliphatic rings. The van der Waals surface area contributed by atoms with Crippen molar-refractivity contribution in [3.8, 4) is 0 Å². The Balaban J connectivity index is 2.09. The van der Waals surface area contributed by atoms with E-state index in [1.165, 1.54) is 11.3 Å². The zero-order valence-electron chi connectivity index (χ0n) is 15.8. The van der Waals surface area contributed by atoms with Crippen molar-refractivity contribution in [2.24, 2.45) is 0 Å². The van der Waals surface area contributed by atoms with Gasteiger partial charge in [0, 0.05) is 22.9 Å². The summed E-state index contributed by atoms with van der Waals surface area (Å²) in [4.78, 5) is 31.4. The van der Waals surface area contributed by atoms with E-state index in [0.717, 1.165) is 35.2 Å². The van der Waals surface area contributed by atoms with E-state index in [1.54, 1.807) is 10.3 Å². The Morgan fingerprint density at radius 3 is 2.63 bits per heavy atom. The largest absolute Gasteiger partial charge is 0.351 e. The van der Waals surface area contributed by atoms with Crippen LogP contribution >= 0.6 is 27.3 Å². The first-order chi connectivity index (χ1) is 13.1. The fraction of sp³-hybridized carbons (Fsp3) is 0.450. The summed E-state index contributed by atoms with van der Waals surface area (Å²) in [6.07, 6.45) is 3.91. The van der Waals surface area contributed by atoms with E-state index in [1.807, 2.05) is 24.3 Å². The van der Waals surface area contributed by atoms with Crippen LogP contribution in [0, 0.1) is 0 Å². The lowest BCUT2D eigenvalue weighted by Gasteiger charge is -2.22. The third kappa shape index (κ3) is 6.43. The van der Waals surface area contributed by atoms with Gasteiger partial charge in [-0.2, -0.15) is 0 Å². The molecule has 27 heavy (non-hydrogen) atoms. The minimum absolute atomic E-state index is 0.0277. The van der Waals surface area contributed by atoms with Gasteiger partial charge in [-0.25, -0.2) is 4.98 Å². The first-order valence-electron chi connectivity index (χ1n) is 9.33. The molecule has 2 aromatic rings. The number of halogens is 1. The molecule has 5 nitrogen and oxygen atoms in total. The van der Waals surface area contributed by atoms with Crippen molar-refractivity contribution >= 4 is 39.1 Å². The Hall–Kier alpha value is -1.73. The molecule has 0 atom stereocenters. The maximum atomic E-state index is 13.0. The van der Waals surface area contributed by atoms with Gasteiger partial charge in [0.1, 0.15) is 10.7 Å². The second kappa shape index (κ2) is 11.2. The average molecular weight is 452 g/mol. The molecule has 0 spiro atoms. The van der Waals surface area contributed by atoms with Gasteiger partial charge in [0.25, 0.3) is 11.8 Å². The SMILES string of the molecule is CCCCNC(=O)c1csc(CN(CCCC)C(=O)c2ccccc2Br)n1. The van der Waals surface area contributed by atoms with Gasteiger partial charge in [0.05, 0.1) is 12.1 Å². The first kappa shape index (κ1) is 21.6. The topological polar surface area (TPSA) is 62.3 Å². The van der Waals surface area contributed by atoms with Gasteiger partial charge in [-0.1, -0.05) is 38.8 Å². The van der Waals surface area contributed by atoms with E-state index in [0.29, 0.717) is 30.9 Å². The van der Waals surface area contributed by atoms with E-state index < -0.39 is 0 Å². The summed E-state index contributed by atoms with van der Waals surface area (Å²) < 4.78 is 0.784. The fourth-order valence-electron chi connectivity index (χ4n) is 2.53. The summed E-state index contributed by atoms with van der Waals surface area (Å²) in [5.74, 6) is -0.178. The number of carbonyl (C=O) groups is 2. The third-order valence-electron chi connectivity index (χ3n) is 4.10. The van der Waals surface area contributed by atoms with E-state index in [4.69, 9.17) is 0 Å². The summed E-state index contributed by atoms with van der Waals surface area (Å²) in [6.45, 7) is 5.91. The average Bonchev–Trinajstić information content (AvgIpc) is 3.14. The lowest BCUT2D eigenvalue weighted by Crippen LogP contribution is -2.32. The minimum atomic E-state index is -0.150. The van der Waals surface area contributed by atoms with Crippen molar-refractivity contribution in [1.82, 2.24) is 15.2 Å². The maximum Gasteiger partial charge on any atom is 0.270 e. The molecule has 2 rings (SSSR count). The normalized spacial score (nSPS) is 10.6. The van der Waals surface area contributed by atoms with E-state index in [2.05, 4.69) is 40.1 Å². The van der Waals surface area contributed by atoms with Crippen molar-refractivity contribution < 1.29 is 9.59 Å². The van der Waals surface area contributed by atoms with E-state index in [9.17, 15) is 9.59 Å². The molecule has 1 N–H and O–H groups in total. The number of amides is 2. The Morgan fingerprint density at radius 2 is 1.93 bits per heavy atom. The third-order valence-corrected chi connectivity index (χ3v) is 5.62. The number of unbranched alkanes of at least 4 members (excludes halogenated alkanes) is 2. The van der Waals surface area contributed by atoms with Gasteiger partial charge in [-0.15, -0.1) is 11.3 Å². The van der Waals surface area contributed by atoms with Gasteiger partial charge in [0.15, 0.2) is 0 Å². The Labute approximate surface area is 173 Å². The van der Waals surface area contributed by atoms with Crippen molar-refractivity contribution in [2.45, 2.75) is 46.1 Å². The molecule has 146 valence electrons. The van der Waals surface area contributed by atoms with Crippen LogP contribution in [0.1, 0.15) is 65.4 Å². The zero-order chi connectivity index (χ0) is 19.6. The van der Waals surface area contributed by atoms with E-state index >= 15 is 0 Å². The van der Waals surface area contributed by atoms with Gasteiger partial charge < -0.3 is 10.2 Å². The molecule has 0 fully saturated rings. The van der Waals surface area contributed by atoms with Crippen molar-refractivity contribution in [2.75, 3.05) is 13.1 Å². The molecule has 0 saturated carbocycles. The molecule has 0 unspecified atom stereocenters. The highest BCUT2D eigenvalue weighted by Gasteiger charge is 2.20. The number of thiazole rings is 1. The van der Waals surface area contributed by atoms with Crippen LogP contribution in [0.4, 0.5) is 0 Å². The molecule has 0 radical (unpaired) electrons. The van der Waals surface area contributed by atoms with Crippen molar-refractivity contribution in [1.29, 1.82) is 0 Å². The molecule has 1 aromatic heterocycles. The number of aromatic nitrogens is 1. The number of nitrogens with zero attached hydrogens (tertiary/aromatic N) is 2. The van der Waals surface area contributed by atoms with Crippen LogP contribution < -0.4 is 5.32 Å². The van der Waals surface area contributed by atoms with Gasteiger partial charge in [-0.05, 0) is 40.9 Å². The second-order valence-corrected chi connectivity index (χ2v) is 8.09. The van der Waals surface area contributed by atoms with Gasteiger partial charge >= 0.3 is 0 Å². The minimum Gasteiger partial charge on any atom is -0.351 e. The van der Waals surface area contributed by atoms with Crippen LogP contribution in [0.5, 0.6) is 0 Å². The van der Waals surface area contributed by atoms with Crippen LogP contribution in [-0.2, 0) is 6.54 Å². The predicted molar refractivity (Wildman–Crippen MR) is 113 cm³/mol. The highest BCUT2D eigenvalue weighted by atomic mass is 79.9. The van der Waals surface area contributed by atoms with Crippen LogP contribution in [0.3, 0.4) is 0 Å². The highest BCUT2D eigenvalue weighted by Crippen LogP contribution is 2.20. The highest BCUT2D eigenvalue weighted by molar-refractivity contribution is 9.10. The number of carbonyl (C=O) groups excluding carboxylic acids is 2. The summed E-state index contributed by atoms with van der Waals surface area (Å²) >= 11 is 4.88. The fourth-order valence-corrected chi connectivity index (χ4v) is 3.77. The standard InChI is InChI=1S/C20H26BrN3O2S/c1-3-5-11-22-19(25)17-14-27-18(23-17)13-24(12-6-4-2)20(26)15-9-7-8-10-16(15)21/h7-10,14H,3-6,11-13H2,1-2H3,(H,22,25). The summed E-state index contributed by atoms with van der Waals surface area (Å²) in [5.41, 5.74) is 1.07. The molecule has 1 aromatic carbocycles. The molecule has 1 heterocycles. The zero-order valence-corrected chi connectivity index (χ0v) is 18.2. The van der Waals surface area contributed by atoms with Crippen LogP contribution in [-0.4, -0.2) is 34.8 Å². The second-order valence-electron chi connectivity index (χ2n) is 6.30. The van der Waals surface area contributed by atoms with Crippen LogP contribution in [0.2, 0.25) is 0 Å². The number of benzene rings is 1. The Kier molecular flexibility index (Phi) is 8.94. The van der Waals surface area contributed by atoms with Crippen molar-refractivity contribution in [3.05, 3.63) is 50.4 Å². The van der Waals surface area contributed by atoms with Gasteiger partial charge in [-0.3, -0.25) is 9.59 Å². The summed E-state index contributed by atoms with van der Waals surface area (Å²) in [7, 11) is 0. The number of hydrogen-bond donors (Lipinski definition) is 1. The van der Waals surface area contributed by atoms with Crippen LogP contribution in [0.25, 0.3) is 0 Å². The Bertz CT molecular complexity index is 763. The van der Waals surface area contributed by atoms with Gasteiger partial charge in [0.2, 0.25) is 0 Å². The molecule has 0 aliphatic carbocycles. The molecular weight excluding hydrogens is 426 g/mol. The maximum absolute atomic E-state index is 13.0. The van der Waals surface area contributed by atoms with E-state index in [-0.39, 0.29) is 11.8 Å². The first-order valence-corrected chi connectivity index (χ1v) is 11.0. The predicted octanol–water partition coefficient (Wildman–Crippen LogP) is 4.88. The quantitative estimate of drug-likeness (QED) is 0.523. The molecule has 0 bridgehead atoms.